The number of aromatic nitrogens is 3. The molecule has 0 saturated carbocycles. The maximum absolute atomic E-state index is 6.56. The average molecular weight is 616 g/mol. The van der Waals surface area contributed by atoms with Crippen LogP contribution in [0, 0.1) is 0 Å². The number of oxazole rings is 1. The minimum Gasteiger partial charge on any atom is -0.456 e. The first-order valence-electron chi connectivity index (χ1n) is 16.1. The van der Waals surface area contributed by atoms with Crippen LogP contribution in [0.15, 0.2) is 160 Å². The molecule has 0 spiro atoms. The number of hydrogen-bond donors (Lipinski definition) is 0. The highest BCUT2D eigenvalue weighted by molar-refractivity contribution is 6.18. The van der Waals surface area contributed by atoms with Crippen LogP contribution in [0.2, 0.25) is 0 Å². The van der Waals surface area contributed by atoms with Gasteiger partial charge in [0.15, 0.2) is 5.58 Å². The van der Waals surface area contributed by atoms with E-state index in [1.54, 1.807) is 0 Å². The predicted molar refractivity (Wildman–Crippen MR) is 195 cm³/mol. The van der Waals surface area contributed by atoms with E-state index < -0.39 is 0 Å². The van der Waals surface area contributed by atoms with Crippen LogP contribution < -0.4 is 0 Å². The Labute approximate surface area is 273 Å². The molecular weight excluding hydrogens is 590 g/mol. The molecule has 5 nitrogen and oxygen atoms in total. The lowest BCUT2D eigenvalue weighted by molar-refractivity contribution is 0.574. The lowest BCUT2D eigenvalue weighted by Gasteiger charge is -2.10. The molecule has 11 aromatic rings. The second kappa shape index (κ2) is 9.47. The zero-order valence-corrected chi connectivity index (χ0v) is 25.6. The zero-order valence-electron chi connectivity index (χ0n) is 25.6. The minimum atomic E-state index is 0.533. The number of rotatable bonds is 3. The Morgan fingerprint density at radius 2 is 1.10 bits per heavy atom. The molecule has 0 amide bonds. The summed E-state index contributed by atoms with van der Waals surface area (Å²) in [4.78, 5) is 5.15. The number of nitrogens with zero attached hydrogens (tertiary/aromatic N) is 3. The summed E-state index contributed by atoms with van der Waals surface area (Å²) in [6.45, 7) is 0. The van der Waals surface area contributed by atoms with E-state index in [0.717, 1.165) is 71.7 Å². The molecule has 0 N–H and O–H groups in total. The van der Waals surface area contributed by atoms with Gasteiger partial charge >= 0.3 is 6.01 Å². The van der Waals surface area contributed by atoms with E-state index in [-0.39, 0.29) is 0 Å². The van der Waals surface area contributed by atoms with Crippen LogP contribution in [0.3, 0.4) is 0 Å². The van der Waals surface area contributed by atoms with E-state index in [2.05, 4.69) is 130 Å². The van der Waals surface area contributed by atoms with Crippen LogP contribution in [0.25, 0.3) is 99.5 Å². The second-order valence-electron chi connectivity index (χ2n) is 12.4. The van der Waals surface area contributed by atoms with Crippen LogP contribution in [0.4, 0.5) is 0 Å². The van der Waals surface area contributed by atoms with Gasteiger partial charge in [-0.15, -0.1) is 0 Å². The molecule has 0 unspecified atom stereocenters. The summed E-state index contributed by atoms with van der Waals surface area (Å²) in [5.41, 5.74) is 11.1. The summed E-state index contributed by atoms with van der Waals surface area (Å²) in [7, 11) is 0. The van der Waals surface area contributed by atoms with Gasteiger partial charge < -0.3 is 13.4 Å². The molecule has 0 saturated heterocycles. The van der Waals surface area contributed by atoms with Gasteiger partial charge in [-0.3, -0.25) is 4.57 Å². The molecule has 0 radical (unpaired) electrons. The molecule has 0 atom stereocenters. The first kappa shape index (κ1) is 25.6. The van der Waals surface area contributed by atoms with Gasteiger partial charge in [-0.2, -0.15) is 4.98 Å². The van der Waals surface area contributed by atoms with Gasteiger partial charge in [-0.05, 0) is 65.7 Å². The quantitative estimate of drug-likeness (QED) is 0.199. The third-order valence-corrected chi connectivity index (χ3v) is 9.78. The summed E-state index contributed by atoms with van der Waals surface area (Å²) in [6.07, 6.45) is 0. The average Bonchev–Trinajstić information content (AvgIpc) is 3.90. The number of furan rings is 1. The van der Waals surface area contributed by atoms with Gasteiger partial charge in [0.25, 0.3) is 0 Å². The first-order valence-corrected chi connectivity index (χ1v) is 16.1. The fraction of sp³-hybridized carbons (Fsp3) is 0. The van der Waals surface area contributed by atoms with Crippen molar-refractivity contribution in [3.05, 3.63) is 152 Å². The molecule has 0 bridgehead atoms. The lowest BCUT2D eigenvalue weighted by Crippen LogP contribution is -1.94. The van der Waals surface area contributed by atoms with Crippen molar-refractivity contribution < 1.29 is 8.83 Å². The number of hydrogen-bond acceptors (Lipinski definition) is 3. The Morgan fingerprint density at radius 3 is 1.98 bits per heavy atom. The summed E-state index contributed by atoms with van der Waals surface area (Å²) < 4.78 is 17.3. The normalized spacial score (nSPS) is 12.2. The van der Waals surface area contributed by atoms with E-state index in [0.29, 0.717) is 6.01 Å². The van der Waals surface area contributed by atoms with Gasteiger partial charge in [-0.25, -0.2) is 0 Å². The van der Waals surface area contributed by atoms with Gasteiger partial charge in [0, 0.05) is 32.6 Å². The topological polar surface area (TPSA) is 49.0 Å². The van der Waals surface area contributed by atoms with Crippen molar-refractivity contribution in [1.82, 2.24) is 14.1 Å². The van der Waals surface area contributed by atoms with Crippen LogP contribution >= 0.6 is 0 Å². The van der Waals surface area contributed by atoms with E-state index in [1.165, 1.54) is 21.8 Å². The van der Waals surface area contributed by atoms with Gasteiger partial charge in [0.05, 0.1) is 27.5 Å². The summed E-state index contributed by atoms with van der Waals surface area (Å²) in [6, 6.07) is 53.7. The van der Waals surface area contributed by atoms with Crippen molar-refractivity contribution in [2.45, 2.75) is 0 Å². The van der Waals surface area contributed by atoms with E-state index in [4.69, 9.17) is 13.8 Å². The Morgan fingerprint density at radius 1 is 0.417 bits per heavy atom. The first-order chi connectivity index (χ1) is 23.8. The molecule has 5 heteroatoms. The van der Waals surface area contributed by atoms with Gasteiger partial charge in [-0.1, -0.05) is 97.1 Å². The minimum absolute atomic E-state index is 0.533. The highest BCUT2D eigenvalue weighted by Gasteiger charge is 2.22. The monoisotopic (exact) mass is 615 g/mol. The molecule has 48 heavy (non-hydrogen) atoms. The SMILES string of the molecule is c1ccc(-n2c3ccccc3c3ccc(-c4cccc5c4c4ccccc4n5-c4nc5c(ccc6oc7ccccc7c65)o4)cc32)cc1. The van der Waals surface area contributed by atoms with E-state index in [9.17, 15) is 0 Å². The molecule has 224 valence electrons. The molecular formula is C43H25N3O2. The van der Waals surface area contributed by atoms with E-state index in [1.807, 2.05) is 30.3 Å². The fourth-order valence-electron chi connectivity index (χ4n) is 7.74. The molecule has 4 heterocycles. The van der Waals surface area contributed by atoms with Crippen LogP contribution in [-0.4, -0.2) is 14.1 Å². The third kappa shape index (κ3) is 3.42. The van der Waals surface area contributed by atoms with E-state index >= 15 is 0 Å². The number of fused-ring (bicyclic) bond motifs is 11. The smallest absolute Gasteiger partial charge is 0.307 e. The molecule has 0 aliphatic rings. The predicted octanol–water partition coefficient (Wildman–Crippen LogP) is 11.6. The third-order valence-electron chi connectivity index (χ3n) is 9.78. The lowest BCUT2D eigenvalue weighted by atomic mass is 9.98. The van der Waals surface area contributed by atoms with Crippen LogP contribution in [0.5, 0.6) is 0 Å². The maximum atomic E-state index is 6.56. The second-order valence-corrected chi connectivity index (χ2v) is 12.4. The molecule has 0 fully saturated rings. The summed E-state index contributed by atoms with van der Waals surface area (Å²) >= 11 is 0. The Hall–Kier alpha value is -6.59. The molecule has 4 aromatic heterocycles. The van der Waals surface area contributed by atoms with Gasteiger partial charge in [0.2, 0.25) is 0 Å². The molecule has 11 rings (SSSR count). The van der Waals surface area contributed by atoms with Crippen molar-refractivity contribution >= 4 is 76.6 Å². The molecule has 0 aliphatic carbocycles. The highest BCUT2D eigenvalue weighted by Crippen LogP contribution is 2.42. The van der Waals surface area contributed by atoms with Crippen molar-refractivity contribution in [1.29, 1.82) is 0 Å². The number of benzene rings is 7. The van der Waals surface area contributed by atoms with Crippen molar-refractivity contribution in [3.63, 3.8) is 0 Å². The molecule has 7 aromatic carbocycles. The Balaban J connectivity index is 1.18. The summed E-state index contributed by atoms with van der Waals surface area (Å²) in [5.74, 6) is 0. The van der Waals surface area contributed by atoms with Crippen LogP contribution in [0.1, 0.15) is 0 Å². The molecule has 0 aliphatic heterocycles. The fourth-order valence-corrected chi connectivity index (χ4v) is 7.74. The highest BCUT2D eigenvalue weighted by atomic mass is 16.4. The van der Waals surface area contributed by atoms with Crippen LogP contribution in [-0.2, 0) is 0 Å². The summed E-state index contributed by atoms with van der Waals surface area (Å²) in [5, 5.41) is 6.79. The van der Waals surface area contributed by atoms with Gasteiger partial charge in [0.1, 0.15) is 16.7 Å². The Bertz CT molecular complexity index is 3070. The van der Waals surface area contributed by atoms with Crippen molar-refractivity contribution in [3.8, 4) is 22.8 Å². The number of para-hydroxylation sites is 4. The standard InChI is InChI=1S/C43H25N3O2/c1-2-11-27(12-3-1)45-33-17-7-4-13-29(33)30-22-21-26(25-36(30)45)28-16-10-19-35-40(28)31-14-5-8-18-34(31)46(35)43-44-42-39(48-43)24-23-38-41(42)32-15-6-9-20-37(32)47-38/h1-25H. The maximum Gasteiger partial charge on any atom is 0.307 e. The largest absolute Gasteiger partial charge is 0.456 e. The van der Waals surface area contributed by atoms with Crippen molar-refractivity contribution in [2.75, 3.05) is 0 Å². The Kier molecular flexibility index (Phi) is 5.05. The van der Waals surface area contributed by atoms with Crippen molar-refractivity contribution in [2.24, 2.45) is 0 Å². The zero-order chi connectivity index (χ0) is 31.3.